The maximum absolute atomic E-state index is 11.6. The van der Waals surface area contributed by atoms with Crippen LogP contribution in [0.1, 0.15) is 13.3 Å². The lowest BCUT2D eigenvalue weighted by atomic mass is 10.1. The summed E-state index contributed by atoms with van der Waals surface area (Å²) in [6.45, 7) is 4.63. The molecule has 1 aliphatic heterocycles. The summed E-state index contributed by atoms with van der Waals surface area (Å²) in [6.07, 6.45) is 8.16. The van der Waals surface area contributed by atoms with Gasteiger partial charge >= 0.3 is 0 Å². The Hall–Kier alpha value is -2.23. The molecule has 0 aliphatic carbocycles. The number of hydrogen-bond acceptors (Lipinski definition) is 3. The average Bonchev–Trinajstić information content (AvgIpc) is 3.02. The van der Waals surface area contributed by atoms with E-state index in [2.05, 4.69) is 22.3 Å². The first-order valence-electron chi connectivity index (χ1n) is 7.69. The summed E-state index contributed by atoms with van der Waals surface area (Å²) < 4.78 is 5.27. The van der Waals surface area contributed by atoms with Crippen LogP contribution in [0.25, 0.3) is 0 Å². The van der Waals surface area contributed by atoms with Crippen LogP contribution in [0.2, 0.25) is 0 Å². The highest BCUT2D eigenvalue weighted by molar-refractivity contribution is 5.87. The second-order valence-corrected chi connectivity index (χ2v) is 5.43. The van der Waals surface area contributed by atoms with Gasteiger partial charge in [-0.1, -0.05) is 24.3 Å². The Morgan fingerprint density at radius 2 is 2.32 bits per heavy atom. The minimum Gasteiger partial charge on any atom is -0.497 e. The minimum atomic E-state index is -0.0297. The van der Waals surface area contributed by atoms with Crippen molar-refractivity contribution in [2.24, 2.45) is 5.92 Å². The van der Waals surface area contributed by atoms with Crippen LogP contribution in [0.3, 0.4) is 0 Å². The standard InChI is InChI=1S/C18H24N2O2/c1-3-4-5-9-18(21)19-13-15-10-11-20(14-15)16-7-6-8-17(12-16)22-2/h3-9,12,15H,10-11,13-14H2,1-2H3,(H,19,21)/b4-3+,9-5-/t15-/m1/s1. The van der Waals surface area contributed by atoms with Gasteiger partial charge in [0.1, 0.15) is 5.75 Å². The second kappa shape index (κ2) is 8.27. The summed E-state index contributed by atoms with van der Waals surface area (Å²) >= 11 is 0. The third-order valence-corrected chi connectivity index (χ3v) is 3.82. The van der Waals surface area contributed by atoms with Gasteiger partial charge < -0.3 is 15.0 Å². The number of carbonyl (C=O) groups excluding carboxylic acids is 1. The summed E-state index contributed by atoms with van der Waals surface area (Å²) in [5, 5.41) is 2.97. The van der Waals surface area contributed by atoms with Crippen molar-refractivity contribution >= 4 is 11.6 Å². The van der Waals surface area contributed by atoms with E-state index in [0.29, 0.717) is 5.92 Å². The molecule has 1 aromatic rings. The van der Waals surface area contributed by atoms with E-state index in [9.17, 15) is 4.79 Å². The van der Waals surface area contributed by atoms with Crippen molar-refractivity contribution in [2.75, 3.05) is 31.6 Å². The zero-order valence-electron chi connectivity index (χ0n) is 13.3. The van der Waals surface area contributed by atoms with Gasteiger partial charge in [-0.05, 0) is 31.4 Å². The number of anilines is 1. The molecule has 1 heterocycles. The Balaban J connectivity index is 1.81. The second-order valence-electron chi connectivity index (χ2n) is 5.43. The molecule has 0 saturated carbocycles. The first-order chi connectivity index (χ1) is 10.7. The molecule has 0 aromatic heterocycles. The molecule has 118 valence electrons. The van der Waals surface area contributed by atoms with E-state index in [4.69, 9.17) is 4.74 Å². The number of methoxy groups -OCH3 is 1. The monoisotopic (exact) mass is 300 g/mol. The molecule has 2 rings (SSSR count). The zero-order chi connectivity index (χ0) is 15.8. The molecule has 1 amide bonds. The molecule has 0 radical (unpaired) electrons. The van der Waals surface area contributed by atoms with E-state index in [1.807, 2.05) is 31.2 Å². The molecule has 4 heteroatoms. The van der Waals surface area contributed by atoms with Crippen molar-refractivity contribution < 1.29 is 9.53 Å². The van der Waals surface area contributed by atoms with Crippen LogP contribution >= 0.6 is 0 Å². The maximum Gasteiger partial charge on any atom is 0.243 e. The van der Waals surface area contributed by atoms with Crippen LogP contribution in [0, 0.1) is 5.92 Å². The van der Waals surface area contributed by atoms with Crippen LogP contribution in [-0.4, -0.2) is 32.7 Å². The zero-order valence-corrected chi connectivity index (χ0v) is 13.3. The molecular formula is C18H24N2O2. The number of benzene rings is 1. The molecule has 22 heavy (non-hydrogen) atoms. The van der Waals surface area contributed by atoms with Crippen molar-refractivity contribution in [1.82, 2.24) is 5.32 Å². The summed E-state index contributed by atoms with van der Waals surface area (Å²) in [5.74, 6) is 1.34. The smallest absolute Gasteiger partial charge is 0.243 e. The van der Waals surface area contributed by atoms with Gasteiger partial charge in [0.25, 0.3) is 0 Å². The van der Waals surface area contributed by atoms with E-state index < -0.39 is 0 Å². The normalized spacial score (nSPS) is 18.3. The van der Waals surface area contributed by atoms with Crippen LogP contribution in [-0.2, 0) is 4.79 Å². The SMILES string of the molecule is C/C=C/C=C\C(=O)NC[C@H]1CCN(c2cccc(OC)c2)C1. The van der Waals surface area contributed by atoms with Crippen LogP contribution < -0.4 is 15.0 Å². The predicted molar refractivity (Wildman–Crippen MR) is 90.3 cm³/mol. The summed E-state index contributed by atoms with van der Waals surface area (Å²) in [7, 11) is 1.68. The lowest BCUT2D eigenvalue weighted by Crippen LogP contribution is -2.29. The van der Waals surface area contributed by atoms with Crippen LogP contribution in [0.15, 0.2) is 48.6 Å². The van der Waals surface area contributed by atoms with E-state index in [1.54, 1.807) is 19.3 Å². The highest BCUT2D eigenvalue weighted by Gasteiger charge is 2.23. The van der Waals surface area contributed by atoms with Crippen molar-refractivity contribution in [2.45, 2.75) is 13.3 Å². The van der Waals surface area contributed by atoms with Gasteiger partial charge in [-0.3, -0.25) is 4.79 Å². The molecule has 1 N–H and O–H groups in total. The van der Waals surface area contributed by atoms with Crippen molar-refractivity contribution in [1.29, 1.82) is 0 Å². The topological polar surface area (TPSA) is 41.6 Å². The number of amides is 1. The molecule has 0 unspecified atom stereocenters. The Labute approximate surface area is 132 Å². The summed E-state index contributed by atoms with van der Waals surface area (Å²) in [6, 6.07) is 8.12. The fourth-order valence-corrected chi connectivity index (χ4v) is 2.60. The number of nitrogens with one attached hydrogen (secondary N) is 1. The number of ether oxygens (including phenoxy) is 1. The van der Waals surface area contributed by atoms with Gasteiger partial charge in [-0.2, -0.15) is 0 Å². The molecule has 1 aromatic carbocycles. The lowest BCUT2D eigenvalue weighted by molar-refractivity contribution is -0.116. The molecule has 4 nitrogen and oxygen atoms in total. The van der Waals surface area contributed by atoms with Gasteiger partial charge in [0.15, 0.2) is 0 Å². The largest absolute Gasteiger partial charge is 0.497 e. The van der Waals surface area contributed by atoms with Gasteiger partial charge in [-0.15, -0.1) is 0 Å². The maximum atomic E-state index is 11.6. The van der Waals surface area contributed by atoms with Gasteiger partial charge in [0.05, 0.1) is 7.11 Å². The fourth-order valence-electron chi connectivity index (χ4n) is 2.60. The first kappa shape index (κ1) is 16.1. The van der Waals surface area contributed by atoms with Crippen LogP contribution in [0.5, 0.6) is 5.75 Å². The van der Waals surface area contributed by atoms with E-state index in [0.717, 1.165) is 31.8 Å². The quantitative estimate of drug-likeness (QED) is 0.649. The van der Waals surface area contributed by atoms with E-state index in [-0.39, 0.29) is 5.91 Å². The Bertz CT molecular complexity index is 552. The number of rotatable bonds is 6. The molecule has 1 saturated heterocycles. The first-order valence-corrected chi connectivity index (χ1v) is 7.69. The molecular weight excluding hydrogens is 276 g/mol. The summed E-state index contributed by atoms with van der Waals surface area (Å²) in [4.78, 5) is 14.0. The molecule has 1 atom stereocenters. The Morgan fingerprint density at radius 3 is 3.09 bits per heavy atom. The van der Waals surface area contributed by atoms with Gasteiger partial charge in [0, 0.05) is 37.5 Å². The highest BCUT2D eigenvalue weighted by Crippen LogP contribution is 2.26. The number of hydrogen-bond donors (Lipinski definition) is 1. The van der Waals surface area contributed by atoms with Crippen molar-refractivity contribution in [3.63, 3.8) is 0 Å². The number of nitrogens with zero attached hydrogens (tertiary/aromatic N) is 1. The third kappa shape index (κ3) is 4.65. The predicted octanol–water partition coefficient (Wildman–Crippen LogP) is 2.77. The van der Waals surface area contributed by atoms with Crippen molar-refractivity contribution in [3.8, 4) is 5.75 Å². The number of carbonyl (C=O) groups is 1. The Kier molecular flexibility index (Phi) is 6.07. The van der Waals surface area contributed by atoms with Crippen molar-refractivity contribution in [3.05, 3.63) is 48.6 Å². The summed E-state index contributed by atoms with van der Waals surface area (Å²) in [5.41, 5.74) is 1.18. The highest BCUT2D eigenvalue weighted by atomic mass is 16.5. The van der Waals surface area contributed by atoms with E-state index >= 15 is 0 Å². The van der Waals surface area contributed by atoms with Crippen LogP contribution in [0.4, 0.5) is 5.69 Å². The fraction of sp³-hybridized carbons (Fsp3) is 0.389. The molecule has 1 aliphatic rings. The number of allylic oxidation sites excluding steroid dienone is 3. The average molecular weight is 300 g/mol. The molecule has 1 fully saturated rings. The van der Waals surface area contributed by atoms with E-state index in [1.165, 1.54) is 5.69 Å². The lowest BCUT2D eigenvalue weighted by Gasteiger charge is -2.19. The Morgan fingerprint density at radius 1 is 1.45 bits per heavy atom. The van der Waals surface area contributed by atoms with Gasteiger partial charge in [0.2, 0.25) is 5.91 Å². The molecule has 0 spiro atoms. The third-order valence-electron chi connectivity index (χ3n) is 3.82. The minimum absolute atomic E-state index is 0.0297. The van der Waals surface area contributed by atoms with Gasteiger partial charge in [-0.25, -0.2) is 0 Å². The molecule has 0 bridgehead atoms.